The highest BCUT2D eigenvalue weighted by atomic mass is 19.1. The Morgan fingerprint density at radius 1 is 1.44 bits per heavy atom. The van der Waals surface area contributed by atoms with Crippen molar-refractivity contribution < 1.29 is 9.13 Å². The minimum absolute atomic E-state index is 0.205. The number of rotatable bonds is 5. The summed E-state index contributed by atoms with van der Waals surface area (Å²) in [6.45, 7) is 0.733. The minimum atomic E-state index is -0.287. The molecule has 1 heterocycles. The molecule has 0 saturated carbocycles. The van der Waals surface area contributed by atoms with Gasteiger partial charge in [-0.2, -0.15) is 4.80 Å². The number of halogens is 1. The predicted molar refractivity (Wildman–Crippen MR) is 62.3 cm³/mol. The van der Waals surface area contributed by atoms with Crippen molar-refractivity contribution in [3.05, 3.63) is 35.4 Å². The second-order valence-corrected chi connectivity index (χ2v) is 3.77. The molecule has 1 aromatic carbocycles. The number of ether oxygens (including phenoxy) is 1. The van der Waals surface area contributed by atoms with E-state index in [1.165, 1.54) is 16.9 Å². The van der Waals surface area contributed by atoms with Gasteiger partial charge in [0.15, 0.2) is 6.61 Å². The topological polar surface area (TPSA) is 64.9 Å². The van der Waals surface area contributed by atoms with Crippen molar-refractivity contribution >= 4 is 0 Å². The van der Waals surface area contributed by atoms with Gasteiger partial charge in [-0.3, -0.25) is 0 Å². The Balaban J connectivity index is 2.08. The number of tetrazole rings is 1. The van der Waals surface area contributed by atoms with E-state index in [9.17, 15) is 4.39 Å². The maximum atomic E-state index is 13.1. The van der Waals surface area contributed by atoms with E-state index in [-0.39, 0.29) is 12.4 Å². The van der Waals surface area contributed by atoms with Crippen LogP contribution in [0.2, 0.25) is 0 Å². The fourth-order valence-electron chi connectivity index (χ4n) is 1.54. The van der Waals surface area contributed by atoms with E-state index in [2.05, 4.69) is 20.7 Å². The van der Waals surface area contributed by atoms with E-state index in [1.807, 2.05) is 0 Å². The van der Waals surface area contributed by atoms with Gasteiger partial charge in [-0.25, -0.2) is 4.39 Å². The summed E-state index contributed by atoms with van der Waals surface area (Å²) in [7, 11) is 3.47. The molecule has 1 N–H and O–H groups in total. The first-order valence-corrected chi connectivity index (χ1v) is 5.47. The van der Waals surface area contributed by atoms with Crippen LogP contribution in [0.25, 0.3) is 0 Å². The molecular formula is C11H14FN5O. The smallest absolute Gasteiger partial charge is 0.212 e. The van der Waals surface area contributed by atoms with Gasteiger partial charge in [0.25, 0.3) is 0 Å². The standard InChI is InChI=1S/C11H14FN5O/c1-13-6-8-5-9(12)3-4-10(8)18-7-11-14-16-17(2)15-11/h3-5,13H,6-7H2,1-2H3. The van der Waals surface area contributed by atoms with Crippen LogP contribution in [0.1, 0.15) is 11.4 Å². The highest BCUT2D eigenvalue weighted by Crippen LogP contribution is 2.20. The summed E-state index contributed by atoms with van der Waals surface area (Å²) in [6.07, 6.45) is 0. The third-order valence-corrected chi connectivity index (χ3v) is 2.30. The molecule has 0 aliphatic rings. The minimum Gasteiger partial charge on any atom is -0.485 e. The van der Waals surface area contributed by atoms with E-state index in [0.717, 1.165) is 5.56 Å². The van der Waals surface area contributed by atoms with Gasteiger partial charge in [0.1, 0.15) is 11.6 Å². The number of aromatic nitrogens is 4. The number of benzene rings is 1. The first-order chi connectivity index (χ1) is 8.69. The van der Waals surface area contributed by atoms with E-state index in [1.54, 1.807) is 20.2 Å². The highest BCUT2D eigenvalue weighted by molar-refractivity contribution is 5.33. The molecule has 7 heteroatoms. The summed E-state index contributed by atoms with van der Waals surface area (Å²) < 4.78 is 18.7. The average Bonchev–Trinajstić information content (AvgIpc) is 2.75. The van der Waals surface area contributed by atoms with Crippen molar-refractivity contribution in [1.29, 1.82) is 0 Å². The summed E-state index contributed by atoms with van der Waals surface area (Å²) in [6, 6.07) is 4.40. The summed E-state index contributed by atoms with van der Waals surface area (Å²) >= 11 is 0. The average molecular weight is 251 g/mol. The fourth-order valence-corrected chi connectivity index (χ4v) is 1.54. The van der Waals surface area contributed by atoms with Gasteiger partial charge in [-0.05, 0) is 30.5 Å². The first-order valence-electron chi connectivity index (χ1n) is 5.47. The number of nitrogens with zero attached hydrogens (tertiary/aromatic N) is 4. The van der Waals surface area contributed by atoms with E-state index >= 15 is 0 Å². The molecule has 0 amide bonds. The Morgan fingerprint density at radius 2 is 2.28 bits per heavy atom. The summed E-state index contributed by atoms with van der Waals surface area (Å²) in [4.78, 5) is 1.36. The van der Waals surface area contributed by atoms with Gasteiger partial charge < -0.3 is 10.1 Å². The Bertz CT molecular complexity index is 528. The van der Waals surface area contributed by atoms with Gasteiger partial charge in [0.2, 0.25) is 5.82 Å². The summed E-state index contributed by atoms with van der Waals surface area (Å²) in [5.41, 5.74) is 0.751. The van der Waals surface area contributed by atoms with Crippen LogP contribution in [0.5, 0.6) is 5.75 Å². The zero-order valence-electron chi connectivity index (χ0n) is 10.2. The molecule has 0 fully saturated rings. The van der Waals surface area contributed by atoms with Gasteiger partial charge in [-0.15, -0.1) is 10.2 Å². The molecule has 6 nitrogen and oxygen atoms in total. The zero-order chi connectivity index (χ0) is 13.0. The Labute approximate surface area is 104 Å². The Hall–Kier alpha value is -2.02. The molecule has 0 aliphatic heterocycles. The largest absolute Gasteiger partial charge is 0.485 e. The molecule has 0 unspecified atom stereocenters. The first kappa shape index (κ1) is 12.4. The third kappa shape index (κ3) is 3.01. The third-order valence-electron chi connectivity index (χ3n) is 2.30. The maximum absolute atomic E-state index is 13.1. The van der Waals surface area contributed by atoms with Crippen molar-refractivity contribution in [2.45, 2.75) is 13.2 Å². The highest BCUT2D eigenvalue weighted by Gasteiger charge is 2.07. The number of hydrogen-bond donors (Lipinski definition) is 1. The van der Waals surface area contributed by atoms with Gasteiger partial charge in [0, 0.05) is 12.1 Å². The van der Waals surface area contributed by atoms with Crippen molar-refractivity contribution in [2.24, 2.45) is 7.05 Å². The predicted octanol–water partition coefficient (Wildman–Crippen LogP) is 0.648. The SMILES string of the molecule is CNCc1cc(F)ccc1OCc1nnn(C)n1. The number of aryl methyl sites for hydroxylation is 1. The second kappa shape index (κ2) is 5.54. The van der Waals surface area contributed by atoms with Crippen LogP contribution in [0.15, 0.2) is 18.2 Å². The van der Waals surface area contributed by atoms with E-state index in [0.29, 0.717) is 18.1 Å². The van der Waals surface area contributed by atoms with Crippen molar-refractivity contribution in [3.8, 4) is 5.75 Å². The van der Waals surface area contributed by atoms with Crippen LogP contribution in [0, 0.1) is 5.82 Å². The van der Waals surface area contributed by atoms with Crippen LogP contribution in [-0.2, 0) is 20.2 Å². The second-order valence-electron chi connectivity index (χ2n) is 3.77. The van der Waals surface area contributed by atoms with Crippen molar-refractivity contribution in [2.75, 3.05) is 7.05 Å². The molecule has 0 spiro atoms. The van der Waals surface area contributed by atoms with E-state index < -0.39 is 0 Å². The molecule has 96 valence electrons. The summed E-state index contributed by atoms with van der Waals surface area (Å²) in [5.74, 6) is 0.806. The van der Waals surface area contributed by atoms with Crippen LogP contribution >= 0.6 is 0 Å². The van der Waals surface area contributed by atoms with Crippen LogP contribution in [0.4, 0.5) is 4.39 Å². The Morgan fingerprint density at radius 3 is 2.94 bits per heavy atom. The quantitative estimate of drug-likeness (QED) is 0.845. The van der Waals surface area contributed by atoms with Crippen LogP contribution in [0.3, 0.4) is 0 Å². The molecule has 2 rings (SSSR count). The van der Waals surface area contributed by atoms with Gasteiger partial charge in [0.05, 0.1) is 7.05 Å². The van der Waals surface area contributed by atoms with Crippen molar-refractivity contribution in [3.63, 3.8) is 0 Å². The molecule has 1 aromatic heterocycles. The molecule has 0 radical (unpaired) electrons. The molecular weight excluding hydrogens is 237 g/mol. The van der Waals surface area contributed by atoms with Crippen LogP contribution in [-0.4, -0.2) is 27.3 Å². The van der Waals surface area contributed by atoms with Gasteiger partial charge >= 0.3 is 0 Å². The van der Waals surface area contributed by atoms with Crippen molar-refractivity contribution in [1.82, 2.24) is 25.5 Å². The fraction of sp³-hybridized carbons (Fsp3) is 0.364. The lowest BCUT2D eigenvalue weighted by Gasteiger charge is -2.09. The zero-order valence-corrected chi connectivity index (χ0v) is 10.2. The molecule has 0 bridgehead atoms. The number of nitrogens with one attached hydrogen (secondary N) is 1. The number of hydrogen-bond acceptors (Lipinski definition) is 5. The maximum Gasteiger partial charge on any atom is 0.212 e. The lowest BCUT2D eigenvalue weighted by atomic mass is 10.2. The molecule has 18 heavy (non-hydrogen) atoms. The molecule has 0 aliphatic carbocycles. The Kier molecular flexibility index (Phi) is 3.83. The molecule has 0 saturated heterocycles. The van der Waals surface area contributed by atoms with E-state index in [4.69, 9.17) is 4.74 Å². The molecule has 2 aromatic rings. The molecule has 0 atom stereocenters. The lowest BCUT2D eigenvalue weighted by Crippen LogP contribution is -2.08. The normalized spacial score (nSPS) is 10.6. The monoisotopic (exact) mass is 251 g/mol. The van der Waals surface area contributed by atoms with Gasteiger partial charge in [-0.1, -0.05) is 0 Å². The lowest BCUT2D eigenvalue weighted by molar-refractivity contribution is 0.291. The van der Waals surface area contributed by atoms with Crippen LogP contribution < -0.4 is 10.1 Å². The summed E-state index contributed by atoms with van der Waals surface area (Å²) in [5, 5.41) is 14.5.